The molecule has 2 heteroatoms. The van der Waals surface area contributed by atoms with Crippen molar-refractivity contribution in [2.24, 2.45) is 0 Å². The molecule has 0 fully saturated rings. The van der Waals surface area contributed by atoms with E-state index in [0.717, 1.165) is 0 Å². The van der Waals surface area contributed by atoms with E-state index in [0.29, 0.717) is 0 Å². The fourth-order valence-corrected chi connectivity index (χ4v) is 1.72. The zero-order valence-electron chi connectivity index (χ0n) is 5.90. The summed E-state index contributed by atoms with van der Waals surface area (Å²) in [5.41, 5.74) is 2.52. The normalized spacial score (nSPS) is 30.9. The fraction of sp³-hybridized carbons (Fsp3) is 0.222. The lowest BCUT2D eigenvalue weighted by Gasteiger charge is -2.03. The van der Waals surface area contributed by atoms with Crippen LogP contribution in [0.5, 0.6) is 0 Å². The van der Waals surface area contributed by atoms with Crippen LogP contribution in [0.1, 0.15) is 23.3 Å². The third-order valence-electron chi connectivity index (χ3n) is 2.25. The SMILES string of the molecule is C1=CC2OC1c1ccncc12. The lowest BCUT2D eigenvalue weighted by Crippen LogP contribution is -1.92. The first kappa shape index (κ1) is 5.49. The van der Waals surface area contributed by atoms with Gasteiger partial charge in [0.2, 0.25) is 0 Å². The van der Waals surface area contributed by atoms with Crippen LogP contribution >= 0.6 is 0 Å². The maximum atomic E-state index is 5.59. The summed E-state index contributed by atoms with van der Waals surface area (Å²) in [4.78, 5) is 4.06. The topological polar surface area (TPSA) is 22.1 Å². The Bertz CT molecular complexity index is 301. The Balaban J connectivity index is 2.28. The molecule has 11 heavy (non-hydrogen) atoms. The van der Waals surface area contributed by atoms with Crippen LogP contribution in [0.4, 0.5) is 0 Å². The van der Waals surface area contributed by atoms with E-state index in [9.17, 15) is 0 Å². The van der Waals surface area contributed by atoms with Crippen LogP contribution in [0.25, 0.3) is 0 Å². The van der Waals surface area contributed by atoms with Crippen LogP contribution in [-0.4, -0.2) is 4.98 Å². The number of pyridine rings is 1. The van der Waals surface area contributed by atoms with Crippen LogP contribution in [0.15, 0.2) is 30.6 Å². The molecule has 2 aliphatic heterocycles. The van der Waals surface area contributed by atoms with E-state index >= 15 is 0 Å². The molecule has 2 bridgehead atoms. The summed E-state index contributed by atoms with van der Waals surface area (Å²) in [5, 5.41) is 0. The van der Waals surface area contributed by atoms with Crippen LogP contribution in [0.3, 0.4) is 0 Å². The smallest absolute Gasteiger partial charge is 0.104 e. The summed E-state index contributed by atoms with van der Waals surface area (Å²) in [6.45, 7) is 0. The van der Waals surface area contributed by atoms with E-state index in [4.69, 9.17) is 4.74 Å². The molecule has 2 aliphatic rings. The van der Waals surface area contributed by atoms with Crippen molar-refractivity contribution in [1.82, 2.24) is 4.98 Å². The van der Waals surface area contributed by atoms with Crippen molar-refractivity contribution in [3.63, 3.8) is 0 Å². The number of hydrogen-bond donors (Lipinski definition) is 0. The molecule has 0 aromatic carbocycles. The number of fused-ring (bicyclic) bond motifs is 5. The Morgan fingerprint density at radius 1 is 1.18 bits per heavy atom. The molecule has 0 amide bonds. The molecular weight excluding hydrogens is 138 g/mol. The van der Waals surface area contributed by atoms with E-state index in [1.165, 1.54) is 11.1 Å². The molecule has 2 nitrogen and oxygen atoms in total. The van der Waals surface area contributed by atoms with Crippen molar-refractivity contribution in [3.8, 4) is 0 Å². The molecule has 3 rings (SSSR count). The quantitative estimate of drug-likeness (QED) is 0.519. The third kappa shape index (κ3) is 0.576. The van der Waals surface area contributed by atoms with Gasteiger partial charge in [0.05, 0.1) is 0 Å². The number of hydrogen-bond acceptors (Lipinski definition) is 2. The third-order valence-corrected chi connectivity index (χ3v) is 2.25. The highest BCUT2D eigenvalue weighted by molar-refractivity contribution is 5.40. The number of ether oxygens (including phenoxy) is 1. The Hall–Kier alpha value is -1.15. The van der Waals surface area contributed by atoms with E-state index in [-0.39, 0.29) is 12.2 Å². The first-order valence-electron chi connectivity index (χ1n) is 3.73. The molecule has 54 valence electrons. The van der Waals surface area contributed by atoms with Crippen LogP contribution in [0.2, 0.25) is 0 Å². The van der Waals surface area contributed by atoms with Crippen molar-refractivity contribution < 1.29 is 4.74 Å². The molecule has 0 spiro atoms. The second-order valence-electron chi connectivity index (χ2n) is 2.87. The summed E-state index contributed by atoms with van der Waals surface area (Å²) < 4.78 is 5.59. The Morgan fingerprint density at radius 3 is 2.82 bits per heavy atom. The minimum Gasteiger partial charge on any atom is -0.357 e. The molecular formula is C9H7NO. The van der Waals surface area contributed by atoms with Crippen LogP contribution in [0, 0.1) is 0 Å². The summed E-state index contributed by atoms with van der Waals surface area (Å²) in [7, 11) is 0. The van der Waals surface area contributed by atoms with Gasteiger partial charge in [0, 0.05) is 18.0 Å². The molecule has 2 atom stereocenters. The van der Waals surface area contributed by atoms with Crippen molar-refractivity contribution in [3.05, 3.63) is 41.7 Å². The van der Waals surface area contributed by atoms with Gasteiger partial charge in [-0.15, -0.1) is 0 Å². The van der Waals surface area contributed by atoms with Gasteiger partial charge in [-0.05, 0) is 11.6 Å². The molecule has 0 radical (unpaired) electrons. The Labute approximate surface area is 64.5 Å². The molecule has 0 N–H and O–H groups in total. The van der Waals surface area contributed by atoms with Crippen molar-refractivity contribution >= 4 is 0 Å². The maximum absolute atomic E-state index is 5.59. The minimum atomic E-state index is 0.184. The van der Waals surface area contributed by atoms with Gasteiger partial charge in [-0.25, -0.2) is 0 Å². The van der Waals surface area contributed by atoms with Crippen molar-refractivity contribution in [2.75, 3.05) is 0 Å². The molecule has 1 aromatic rings. The minimum absolute atomic E-state index is 0.184. The summed E-state index contributed by atoms with van der Waals surface area (Å²) >= 11 is 0. The van der Waals surface area contributed by atoms with Gasteiger partial charge in [-0.2, -0.15) is 0 Å². The van der Waals surface area contributed by atoms with Gasteiger partial charge < -0.3 is 4.74 Å². The monoisotopic (exact) mass is 145 g/mol. The standard InChI is InChI=1S/C9H7NO/c1-2-9-7-5-10-4-3-6(7)8(1)11-9/h1-5,8-9H. The zero-order chi connectivity index (χ0) is 7.26. The molecule has 1 aromatic heterocycles. The molecule has 2 unspecified atom stereocenters. The maximum Gasteiger partial charge on any atom is 0.104 e. The molecule has 0 saturated heterocycles. The van der Waals surface area contributed by atoms with E-state index in [2.05, 4.69) is 17.1 Å². The first-order valence-corrected chi connectivity index (χ1v) is 3.73. The predicted octanol–water partition coefficient (Wildman–Crippen LogP) is 1.76. The first-order chi connectivity index (χ1) is 5.45. The highest BCUT2D eigenvalue weighted by Gasteiger charge is 2.32. The number of nitrogens with zero attached hydrogens (tertiary/aromatic N) is 1. The highest BCUT2D eigenvalue weighted by atomic mass is 16.5. The second-order valence-corrected chi connectivity index (χ2v) is 2.87. The zero-order valence-corrected chi connectivity index (χ0v) is 5.90. The van der Waals surface area contributed by atoms with Crippen LogP contribution in [-0.2, 0) is 4.74 Å². The summed E-state index contributed by atoms with van der Waals surface area (Å²) in [6.07, 6.45) is 8.30. The van der Waals surface area contributed by atoms with E-state index in [1.54, 1.807) is 0 Å². The van der Waals surface area contributed by atoms with Gasteiger partial charge in [0.15, 0.2) is 0 Å². The highest BCUT2D eigenvalue weighted by Crippen LogP contribution is 2.44. The Kier molecular flexibility index (Phi) is 0.855. The lowest BCUT2D eigenvalue weighted by atomic mass is 10.00. The van der Waals surface area contributed by atoms with Gasteiger partial charge in [0.1, 0.15) is 12.2 Å². The molecule has 0 aliphatic carbocycles. The number of aromatic nitrogens is 1. The van der Waals surface area contributed by atoms with E-state index in [1.807, 2.05) is 18.5 Å². The molecule has 3 heterocycles. The van der Waals surface area contributed by atoms with Gasteiger partial charge >= 0.3 is 0 Å². The second kappa shape index (κ2) is 1.71. The van der Waals surface area contributed by atoms with Gasteiger partial charge in [-0.1, -0.05) is 12.2 Å². The average molecular weight is 145 g/mol. The summed E-state index contributed by atoms with van der Waals surface area (Å²) in [5.74, 6) is 0. The molecule has 0 saturated carbocycles. The van der Waals surface area contributed by atoms with E-state index < -0.39 is 0 Å². The van der Waals surface area contributed by atoms with Gasteiger partial charge in [0.25, 0.3) is 0 Å². The number of rotatable bonds is 0. The van der Waals surface area contributed by atoms with Gasteiger partial charge in [-0.3, -0.25) is 4.98 Å². The fourth-order valence-electron chi connectivity index (χ4n) is 1.72. The van der Waals surface area contributed by atoms with Crippen molar-refractivity contribution in [1.29, 1.82) is 0 Å². The van der Waals surface area contributed by atoms with Crippen molar-refractivity contribution in [2.45, 2.75) is 12.2 Å². The predicted molar refractivity (Wildman–Crippen MR) is 39.9 cm³/mol. The average Bonchev–Trinajstić information content (AvgIpc) is 2.64. The summed E-state index contributed by atoms with van der Waals surface area (Å²) in [6, 6.07) is 2.03. The van der Waals surface area contributed by atoms with Crippen LogP contribution < -0.4 is 0 Å². The lowest BCUT2D eigenvalue weighted by molar-refractivity contribution is 0.0878. The Morgan fingerprint density at radius 2 is 2.00 bits per heavy atom. The largest absolute Gasteiger partial charge is 0.357 e.